The third kappa shape index (κ3) is 3.97. The molecule has 0 aromatic carbocycles. The summed E-state index contributed by atoms with van der Waals surface area (Å²) in [6.07, 6.45) is 4.18. The predicted octanol–water partition coefficient (Wildman–Crippen LogP) is 1.28. The molecule has 0 aliphatic rings. The van der Waals surface area contributed by atoms with E-state index in [1.807, 2.05) is 4.57 Å². The summed E-state index contributed by atoms with van der Waals surface area (Å²) >= 11 is 1.21. The lowest BCUT2D eigenvalue weighted by Crippen LogP contribution is -2.37. The number of esters is 1. The molecule has 9 heteroatoms. The van der Waals surface area contributed by atoms with Gasteiger partial charge in [0, 0.05) is 20.6 Å². The Balaban J connectivity index is 2.51. The van der Waals surface area contributed by atoms with Crippen LogP contribution in [-0.2, 0) is 30.2 Å². The van der Waals surface area contributed by atoms with Crippen LogP contribution in [0.3, 0.4) is 0 Å². The van der Waals surface area contributed by atoms with Crippen LogP contribution in [0, 0.1) is 0 Å². The lowest BCUT2D eigenvalue weighted by molar-refractivity contribution is -0.137. The zero-order valence-corrected chi connectivity index (χ0v) is 15.9. The molecule has 138 valence electrons. The van der Waals surface area contributed by atoms with Crippen LogP contribution in [0.1, 0.15) is 32.6 Å². The molecule has 8 nitrogen and oxygen atoms in total. The first-order valence-electron chi connectivity index (χ1n) is 8.28. The molecule has 0 aliphatic heterocycles. The van der Waals surface area contributed by atoms with Crippen LogP contribution in [0.4, 0.5) is 0 Å². The number of rotatable bonds is 8. The number of aromatic nitrogens is 4. The number of imidazole rings is 1. The van der Waals surface area contributed by atoms with Gasteiger partial charge in [0.2, 0.25) is 0 Å². The van der Waals surface area contributed by atoms with Crippen molar-refractivity contribution in [2.75, 3.05) is 12.9 Å². The van der Waals surface area contributed by atoms with E-state index in [0.717, 1.165) is 30.3 Å². The molecule has 2 aromatic heterocycles. The number of nitrogens with zero attached hydrogens (tertiary/aromatic N) is 4. The van der Waals surface area contributed by atoms with Gasteiger partial charge in [-0.15, -0.1) is 0 Å². The highest BCUT2D eigenvalue weighted by atomic mass is 32.2. The Labute approximate surface area is 149 Å². The number of methoxy groups -OCH3 is 1. The van der Waals surface area contributed by atoms with Crippen LogP contribution in [0.15, 0.2) is 14.7 Å². The summed E-state index contributed by atoms with van der Waals surface area (Å²) in [7, 11) is 4.38. The van der Waals surface area contributed by atoms with Gasteiger partial charge in [0.05, 0.1) is 12.9 Å². The number of carbonyl (C=O) groups excluding carboxylic acids is 1. The van der Waals surface area contributed by atoms with Crippen LogP contribution >= 0.6 is 11.8 Å². The smallest absolute Gasteiger partial charge is 0.332 e. The van der Waals surface area contributed by atoms with E-state index in [-0.39, 0.29) is 17.3 Å². The molecule has 0 fully saturated rings. The Kier molecular flexibility index (Phi) is 6.46. The molecule has 2 rings (SSSR count). The molecule has 2 heterocycles. The number of hydrogen-bond acceptors (Lipinski definition) is 6. The van der Waals surface area contributed by atoms with Crippen molar-refractivity contribution in [1.29, 1.82) is 0 Å². The highest BCUT2D eigenvalue weighted by Gasteiger charge is 2.19. The van der Waals surface area contributed by atoms with Gasteiger partial charge >= 0.3 is 11.7 Å². The molecule has 0 saturated carbocycles. The van der Waals surface area contributed by atoms with Crippen molar-refractivity contribution in [1.82, 2.24) is 18.7 Å². The molecule has 2 aromatic rings. The molecule has 0 amide bonds. The lowest BCUT2D eigenvalue weighted by Gasteiger charge is -2.09. The lowest BCUT2D eigenvalue weighted by atomic mass is 10.2. The van der Waals surface area contributed by atoms with Crippen molar-refractivity contribution in [3.63, 3.8) is 0 Å². The Morgan fingerprint density at radius 3 is 2.52 bits per heavy atom. The Morgan fingerprint density at radius 2 is 1.88 bits per heavy atom. The highest BCUT2D eigenvalue weighted by Crippen LogP contribution is 2.22. The van der Waals surface area contributed by atoms with Crippen LogP contribution in [0.25, 0.3) is 11.2 Å². The summed E-state index contributed by atoms with van der Waals surface area (Å²) in [5.74, 6) is -0.264. The van der Waals surface area contributed by atoms with E-state index in [2.05, 4.69) is 16.6 Å². The second kappa shape index (κ2) is 8.37. The molecule has 0 atom stereocenters. The molecule has 0 bridgehead atoms. The van der Waals surface area contributed by atoms with Crippen molar-refractivity contribution < 1.29 is 9.53 Å². The van der Waals surface area contributed by atoms with Gasteiger partial charge in [-0.25, -0.2) is 9.78 Å². The van der Waals surface area contributed by atoms with E-state index in [1.54, 1.807) is 7.05 Å². The summed E-state index contributed by atoms with van der Waals surface area (Å²) in [6.45, 7) is 2.75. The minimum absolute atomic E-state index is 0.100. The van der Waals surface area contributed by atoms with Crippen molar-refractivity contribution in [2.45, 2.75) is 44.3 Å². The molecule has 0 spiro atoms. The Hall–Kier alpha value is -2.03. The van der Waals surface area contributed by atoms with E-state index in [0.29, 0.717) is 22.9 Å². The second-order valence-electron chi connectivity index (χ2n) is 5.85. The first-order valence-corrected chi connectivity index (χ1v) is 9.26. The summed E-state index contributed by atoms with van der Waals surface area (Å²) in [6, 6.07) is 0. The topological polar surface area (TPSA) is 88.1 Å². The van der Waals surface area contributed by atoms with Crippen LogP contribution in [0.2, 0.25) is 0 Å². The van der Waals surface area contributed by atoms with Gasteiger partial charge in [0.15, 0.2) is 16.3 Å². The quantitative estimate of drug-likeness (QED) is 0.396. The number of hydrogen-bond donors (Lipinski definition) is 0. The summed E-state index contributed by atoms with van der Waals surface area (Å²) in [5, 5.41) is 0.551. The summed E-state index contributed by atoms with van der Waals surface area (Å²) in [5.41, 5.74) is -0.0481. The largest absolute Gasteiger partial charge is 0.468 e. The van der Waals surface area contributed by atoms with Gasteiger partial charge in [0.25, 0.3) is 5.56 Å². The van der Waals surface area contributed by atoms with Gasteiger partial charge in [-0.3, -0.25) is 18.7 Å². The van der Waals surface area contributed by atoms with Gasteiger partial charge in [0.1, 0.15) is 0 Å². The number of carbonyl (C=O) groups is 1. The zero-order chi connectivity index (χ0) is 18.6. The molecule has 0 radical (unpaired) electrons. The van der Waals surface area contributed by atoms with Crippen molar-refractivity contribution >= 4 is 28.9 Å². The van der Waals surface area contributed by atoms with E-state index >= 15 is 0 Å². The average Bonchev–Trinajstić information content (AvgIpc) is 2.98. The fourth-order valence-electron chi connectivity index (χ4n) is 2.62. The molecular formula is C16H24N4O4S. The Bertz CT molecular complexity index is 881. The SMILES string of the molecule is CCCCCCn1c(SCC(=O)OC)nc2c1c(=O)n(C)c(=O)n2C. The van der Waals surface area contributed by atoms with Gasteiger partial charge in [-0.2, -0.15) is 0 Å². The number of unbranched alkanes of at least 4 members (excludes halogenated alkanes) is 3. The molecular weight excluding hydrogens is 344 g/mol. The maximum Gasteiger partial charge on any atom is 0.332 e. The maximum atomic E-state index is 12.6. The fourth-order valence-corrected chi connectivity index (χ4v) is 3.48. The minimum Gasteiger partial charge on any atom is -0.468 e. The van der Waals surface area contributed by atoms with Crippen molar-refractivity contribution in [2.24, 2.45) is 14.1 Å². The molecule has 0 N–H and O–H groups in total. The van der Waals surface area contributed by atoms with Crippen LogP contribution in [-0.4, -0.2) is 37.5 Å². The Morgan fingerprint density at radius 1 is 1.16 bits per heavy atom. The van der Waals surface area contributed by atoms with Crippen molar-refractivity contribution in [3.8, 4) is 0 Å². The third-order valence-corrected chi connectivity index (χ3v) is 5.04. The summed E-state index contributed by atoms with van der Waals surface area (Å²) < 4.78 is 8.93. The number of aryl methyl sites for hydroxylation is 2. The fraction of sp³-hybridized carbons (Fsp3) is 0.625. The first-order chi connectivity index (χ1) is 11.9. The molecule has 0 unspecified atom stereocenters. The van der Waals surface area contributed by atoms with Gasteiger partial charge < -0.3 is 9.30 Å². The van der Waals surface area contributed by atoms with Gasteiger partial charge in [-0.05, 0) is 6.42 Å². The highest BCUT2D eigenvalue weighted by molar-refractivity contribution is 7.99. The second-order valence-corrected chi connectivity index (χ2v) is 6.79. The van der Waals surface area contributed by atoms with Gasteiger partial charge in [-0.1, -0.05) is 37.9 Å². The average molecular weight is 368 g/mol. The zero-order valence-electron chi connectivity index (χ0n) is 15.1. The molecule has 0 aliphatic carbocycles. The van der Waals surface area contributed by atoms with E-state index in [4.69, 9.17) is 0 Å². The predicted molar refractivity (Wildman–Crippen MR) is 97.1 cm³/mol. The number of fused-ring (bicyclic) bond motifs is 1. The normalized spacial score (nSPS) is 11.2. The number of ether oxygens (including phenoxy) is 1. The molecule has 0 saturated heterocycles. The number of thioether (sulfide) groups is 1. The van der Waals surface area contributed by atoms with Crippen LogP contribution < -0.4 is 11.2 Å². The van der Waals surface area contributed by atoms with E-state index in [1.165, 1.54) is 30.5 Å². The van der Waals surface area contributed by atoms with E-state index in [9.17, 15) is 14.4 Å². The third-order valence-electron chi connectivity index (χ3n) is 4.10. The van der Waals surface area contributed by atoms with E-state index < -0.39 is 5.69 Å². The summed E-state index contributed by atoms with van der Waals surface area (Å²) in [4.78, 5) is 40.6. The minimum atomic E-state index is -0.419. The standard InChI is InChI=1S/C16H24N4O4S/c1-5-6-7-8-9-20-12-13(17-15(20)25-10-11(21)24-4)18(2)16(23)19(3)14(12)22/h5-10H2,1-4H3. The molecule has 25 heavy (non-hydrogen) atoms. The van der Waals surface area contributed by atoms with Crippen molar-refractivity contribution in [3.05, 3.63) is 20.8 Å². The monoisotopic (exact) mass is 368 g/mol. The maximum absolute atomic E-state index is 12.6. The van der Waals surface area contributed by atoms with Crippen LogP contribution in [0.5, 0.6) is 0 Å². The first kappa shape index (κ1) is 19.3.